The van der Waals surface area contributed by atoms with Crippen molar-refractivity contribution in [3.05, 3.63) is 29.8 Å². The highest BCUT2D eigenvalue weighted by molar-refractivity contribution is 7.90. The summed E-state index contributed by atoms with van der Waals surface area (Å²) in [6.45, 7) is 4.18. The van der Waals surface area contributed by atoms with Crippen LogP contribution < -0.4 is 15.4 Å². The van der Waals surface area contributed by atoms with Gasteiger partial charge in [-0.3, -0.25) is 19.8 Å². The monoisotopic (exact) mass is 396 g/mol. The van der Waals surface area contributed by atoms with E-state index in [4.69, 9.17) is 4.74 Å². The number of esters is 1. The van der Waals surface area contributed by atoms with Crippen molar-refractivity contribution >= 4 is 33.8 Å². The maximum absolute atomic E-state index is 12.0. The van der Waals surface area contributed by atoms with Crippen LogP contribution in [0.4, 0.5) is 4.79 Å². The van der Waals surface area contributed by atoms with Crippen LogP contribution in [-0.4, -0.2) is 50.9 Å². The molecule has 10 nitrogen and oxygen atoms in total. The largest absolute Gasteiger partial charge is 0.454 e. The van der Waals surface area contributed by atoms with Crippen LogP contribution in [0.2, 0.25) is 0 Å². The molecule has 0 aliphatic carbocycles. The Morgan fingerprint density at radius 3 is 2.52 bits per heavy atom. The number of imide groups is 1. The van der Waals surface area contributed by atoms with Gasteiger partial charge in [-0.2, -0.15) is 0 Å². The number of hydrogen-bond donors (Lipinski definition) is 3. The van der Waals surface area contributed by atoms with Gasteiger partial charge in [0.1, 0.15) is 11.9 Å². The van der Waals surface area contributed by atoms with Crippen molar-refractivity contribution < 1.29 is 27.5 Å². The summed E-state index contributed by atoms with van der Waals surface area (Å²) in [5.41, 5.74) is 0.347. The zero-order valence-electron chi connectivity index (χ0n) is 15.0. The number of ether oxygens (including phenoxy) is 1. The lowest BCUT2D eigenvalue weighted by atomic mass is 10.2. The van der Waals surface area contributed by atoms with Gasteiger partial charge < -0.3 is 10.1 Å². The van der Waals surface area contributed by atoms with Crippen LogP contribution in [0.15, 0.2) is 34.2 Å². The number of carbonyl (C=O) groups excluding carboxylic acids is 3. The van der Waals surface area contributed by atoms with Crippen molar-refractivity contribution in [2.45, 2.75) is 37.8 Å². The standard InChI is InChI=1S/C16H20N4O6S/c1-9(2)17-16(23)19-13(21)8-26-15(22)10(3)18-14-11-6-4-5-7-12(11)27(24,25)20-14/h4-7,9-10H,8H2,1-3H3,(H,18,20)(H2,17,19,21,23)/t10-/m1/s1. The zero-order valence-corrected chi connectivity index (χ0v) is 15.8. The van der Waals surface area contributed by atoms with Gasteiger partial charge in [0.25, 0.3) is 15.9 Å². The van der Waals surface area contributed by atoms with Gasteiger partial charge in [-0.25, -0.2) is 18.0 Å². The van der Waals surface area contributed by atoms with Crippen molar-refractivity contribution in [2.75, 3.05) is 6.61 Å². The molecule has 1 atom stereocenters. The Morgan fingerprint density at radius 2 is 1.85 bits per heavy atom. The molecule has 1 aromatic carbocycles. The van der Waals surface area contributed by atoms with E-state index in [1.54, 1.807) is 32.0 Å². The molecule has 0 saturated heterocycles. The molecule has 0 radical (unpaired) electrons. The first kappa shape index (κ1) is 20.4. The maximum atomic E-state index is 12.0. The van der Waals surface area contributed by atoms with E-state index in [-0.39, 0.29) is 16.8 Å². The van der Waals surface area contributed by atoms with E-state index in [2.05, 4.69) is 15.0 Å². The number of sulfonamides is 1. The van der Waals surface area contributed by atoms with Gasteiger partial charge in [0.2, 0.25) is 0 Å². The van der Waals surface area contributed by atoms with Crippen LogP contribution in [-0.2, 0) is 24.3 Å². The third-order valence-corrected chi connectivity index (χ3v) is 4.74. The number of fused-ring (bicyclic) bond motifs is 1. The molecule has 1 aliphatic rings. The SMILES string of the molecule is CC(C)NC(=O)NC(=O)COC(=O)[C@@H](C)N=C1NS(=O)(=O)c2ccccc21. The molecule has 0 saturated carbocycles. The zero-order chi connectivity index (χ0) is 20.2. The number of nitrogens with zero attached hydrogens (tertiary/aromatic N) is 1. The van der Waals surface area contributed by atoms with E-state index in [0.717, 1.165) is 0 Å². The second-order valence-electron chi connectivity index (χ2n) is 6.04. The van der Waals surface area contributed by atoms with Gasteiger partial charge in [0.05, 0.1) is 4.90 Å². The Morgan fingerprint density at radius 1 is 1.19 bits per heavy atom. The molecule has 1 aromatic rings. The number of urea groups is 1. The molecule has 0 spiro atoms. The molecule has 2 rings (SSSR count). The molecular weight excluding hydrogens is 376 g/mol. The Kier molecular flexibility index (Phi) is 6.16. The number of carbonyl (C=O) groups is 3. The second-order valence-corrected chi connectivity index (χ2v) is 7.69. The molecule has 0 aromatic heterocycles. The predicted octanol–water partition coefficient (Wildman–Crippen LogP) is -0.109. The number of amides is 3. The van der Waals surface area contributed by atoms with Crippen molar-refractivity contribution in [3.8, 4) is 0 Å². The summed E-state index contributed by atoms with van der Waals surface area (Å²) in [5.74, 6) is -1.62. The normalized spacial score (nSPS) is 17.0. The molecule has 1 aliphatic heterocycles. The van der Waals surface area contributed by atoms with Gasteiger partial charge in [0.15, 0.2) is 6.61 Å². The van der Waals surface area contributed by atoms with Crippen molar-refractivity contribution in [1.82, 2.24) is 15.4 Å². The van der Waals surface area contributed by atoms with E-state index < -0.39 is 40.6 Å². The number of benzene rings is 1. The fraction of sp³-hybridized carbons (Fsp3) is 0.375. The highest BCUT2D eigenvalue weighted by atomic mass is 32.2. The van der Waals surface area contributed by atoms with Gasteiger partial charge in [-0.1, -0.05) is 12.1 Å². The first-order chi connectivity index (χ1) is 12.6. The average molecular weight is 396 g/mol. The molecule has 3 amide bonds. The molecule has 0 bridgehead atoms. The van der Waals surface area contributed by atoms with Crippen LogP contribution in [0, 0.1) is 0 Å². The highest BCUT2D eigenvalue weighted by Gasteiger charge is 2.31. The first-order valence-electron chi connectivity index (χ1n) is 8.07. The van der Waals surface area contributed by atoms with Crippen LogP contribution in [0.3, 0.4) is 0 Å². The summed E-state index contributed by atoms with van der Waals surface area (Å²) in [6.07, 6.45) is 0. The van der Waals surface area contributed by atoms with E-state index >= 15 is 0 Å². The summed E-state index contributed by atoms with van der Waals surface area (Å²) in [7, 11) is -3.72. The summed E-state index contributed by atoms with van der Waals surface area (Å²) < 4.78 is 31.1. The number of amidine groups is 1. The van der Waals surface area contributed by atoms with E-state index in [1.807, 2.05) is 5.32 Å². The van der Waals surface area contributed by atoms with Crippen molar-refractivity contribution in [1.29, 1.82) is 0 Å². The molecule has 27 heavy (non-hydrogen) atoms. The number of rotatable bonds is 5. The molecular formula is C16H20N4O6S. The molecule has 0 unspecified atom stereocenters. The lowest BCUT2D eigenvalue weighted by Crippen LogP contribution is -2.44. The number of aliphatic imine (C=N–C) groups is 1. The van der Waals surface area contributed by atoms with Crippen LogP contribution in [0.25, 0.3) is 0 Å². The predicted molar refractivity (Wildman–Crippen MR) is 95.5 cm³/mol. The third kappa shape index (κ3) is 5.26. The van der Waals surface area contributed by atoms with Crippen molar-refractivity contribution in [3.63, 3.8) is 0 Å². The van der Waals surface area contributed by atoms with E-state index in [9.17, 15) is 22.8 Å². The fourth-order valence-electron chi connectivity index (χ4n) is 2.19. The van der Waals surface area contributed by atoms with E-state index in [1.165, 1.54) is 13.0 Å². The van der Waals surface area contributed by atoms with Gasteiger partial charge >= 0.3 is 12.0 Å². The number of nitrogens with one attached hydrogen (secondary N) is 3. The molecule has 1 heterocycles. The Balaban J connectivity index is 1.96. The minimum atomic E-state index is -3.72. The topological polar surface area (TPSA) is 143 Å². The minimum Gasteiger partial charge on any atom is -0.454 e. The van der Waals surface area contributed by atoms with Gasteiger partial charge in [-0.15, -0.1) is 0 Å². The third-order valence-electron chi connectivity index (χ3n) is 3.34. The Bertz CT molecular complexity index is 894. The number of hydrogen-bond acceptors (Lipinski definition) is 7. The molecule has 146 valence electrons. The quantitative estimate of drug-likeness (QED) is 0.593. The van der Waals surface area contributed by atoms with Crippen LogP contribution >= 0.6 is 0 Å². The first-order valence-corrected chi connectivity index (χ1v) is 9.55. The van der Waals surface area contributed by atoms with Crippen molar-refractivity contribution in [2.24, 2.45) is 4.99 Å². The van der Waals surface area contributed by atoms with Gasteiger partial charge in [0, 0.05) is 11.6 Å². The lowest BCUT2D eigenvalue weighted by molar-refractivity contribution is -0.149. The summed E-state index contributed by atoms with van der Waals surface area (Å²) >= 11 is 0. The lowest BCUT2D eigenvalue weighted by Gasteiger charge is -2.11. The summed E-state index contributed by atoms with van der Waals surface area (Å²) in [6, 6.07) is 4.29. The van der Waals surface area contributed by atoms with E-state index in [0.29, 0.717) is 5.56 Å². The highest BCUT2D eigenvalue weighted by Crippen LogP contribution is 2.22. The van der Waals surface area contributed by atoms with Gasteiger partial charge in [-0.05, 0) is 32.9 Å². The summed E-state index contributed by atoms with van der Waals surface area (Å²) in [5, 5.41) is 4.46. The minimum absolute atomic E-state index is 0.0239. The molecule has 11 heteroatoms. The molecule has 0 fully saturated rings. The smallest absolute Gasteiger partial charge is 0.331 e. The fourth-order valence-corrected chi connectivity index (χ4v) is 3.43. The molecule has 3 N–H and O–H groups in total. The summed E-state index contributed by atoms with van der Waals surface area (Å²) in [4.78, 5) is 39.0. The Labute approximate surface area is 156 Å². The average Bonchev–Trinajstić information content (AvgIpc) is 2.82. The maximum Gasteiger partial charge on any atom is 0.331 e. The Hall–Kier alpha value is -2.95. The second kappa shape index (κ2) is 8.16. The van der Waals surface area contributed by atoms with Crippen LogP contribution in [0.5, 0.6) is 0 Å². The van der Waals surface area contributed by atoms with Crippen LogP contribution in [0.1, 0.15) is 26.3 Å².